The highest BCUT2D eigenvalue weighted by molar-refractivity contribution is 5.84. The summed E-state index contributed by atoms with van der Waals surface area (Å²) in [6, 6.07) is 7.95. The van der Waals surface area contributed by atoms with E-state index in [1.54, 1.807) is 0 Å². The van der Waals surface area contributed by atoms with Gasteiger partial charge in [-0.05, 0) is 43.2 Å². The zero-order chi connectivity index (χ0) is 19.7. The molecule has 0 unspecified atom stereocenters. The van der Waals surface area contributed by atoms with Crippen LogP contribution in [0.3, 0.4) is 0 Å². The number of amides is 2. The molecular formula is C22H32N2O3. The van der Waals surface area contributed by atoms with Crippen molar-refractivity contribution in [2.75, 3.05) is 19.6 Å². The van der Waals surface area contributed by atoms with E-state index in [4.69, 9.17) is 0 Å². The molecule has 2 atom stereocenters. The summed E-state index contributed by atoms with van der Waals surface area (Å²) in [5.41, 5.74) is 0.671. The van der Waals surface area contributed by atoms with Gasteiger partial charge in [-0.1, -0.05) is 45.0 Å². The minimum atomic E-state index is -1.000. The Hall–Kier alpha value is -1.88. The zero-order valence-electron chi connectivity index (χ0n) is 16.8. The molecule has 0 spiro atoms. The molecule has 1 aliphatic carbocycles. The van der Waals surface area contributed by atoms with Gasteiger partial charge in [0.15, 0.2) is 0 Å². The lowest BCUT2D eigenvalue weighted by molar-refractivity contribution is -0.143. The molecule has 0 saturated carbocycles. The Labute approximate surface area is 162 Å². The molecule has 1 aromatic carbocycles. The molecule has 5 nitrogen and oxygen atoms in total. The van der Waals surface area contributed by atoms with E-state index in [9.17, 15) is 14.7 Å². The summed E-state index contributed by atoms with van der Waals surface area (Å²) in [4.78, 5) is 27.1. The highest BCUT2D eigenvalue weighted by atomic mass is 16.3. The van der Waals surface area contributed by atoms with Crippen molar-refractivity contribution in [3.63, 3.8) is 0 Å². The van der Waals surface area contributed by atoms with Crippen molar-refractivity contribution in [3.05, 3.63) is 35.4 Å². The van der Waals surface area contributed by atoms with Gasteiger partial charge in [0.05, 0.1) is 12.5 Å². The molecule has 1 aromatic rings. The standard InChI is InChI=1S/C22H32N2O3/c1-21(2,3)20(26)24-13-7-10-17(14-24)19(25)23-15-22(27)12-6-9-16-8-4-5-11-18(16)22/h4-5,8,11,17,27H,6-7,9-10,12-15H2,1-3H3,(H,23,25)/t17-,22+/m1/s1. The van der Waals surface area contributed by atoms with Gasteiger partial charge in [-0.15, -0.1) is 0 Å². The normalized spacial score (nSPS) is 25.6. The van der Waals surface area contributed by atoms with Gasteiger partial charge in [0.25, 0.3) is 0 Å². The SMILES string of the molecule is CC(C)(C)C(=O)N1CCC[C@@H](C(=O)NC[C@@]2(O)CCCc3ccccc32)C1. The molecule has 1 aliphatic heterocycles. The fourth-order valence-electron chi connectivity index (χ4n) is 4.31. The Balaban J connectivity index is 1.62. The predicted molar refractivity (Wildman–Crippen MR) is 105 cm³/mol. The number of carbonyl (C=O) groups excluding carboxylic acids is 2. The second-order valence-electron chi connectivity index (χ2n) is 9.10. The van der Waals surface area contributed by atoms with Crippen LogP contribution in [-0.4, -0.2) is 41.5 Å². The lowest BCUT2D eigenvalue weighted by atomic mass is 9.79. The second-order valence-corrected chi connectivity index (χ2v) is 9.10. The maximum atomic E-state index is 12.8. The topological polar surface area (TPSA) is 69.6 Å². The number of benzene rings is 1. The molecule has 3 rings (SSSR count). The summed E-state index contributed by atoms with van der Waals surface area (Å²) >= 11 is 0. The Morgan fingerprint density at radius 1 is 1.26 bits per heavy atom. The summed E-state index contributed by atoms with van der Waals surface area (Å²) < 4.78 is 0. The van der Waals surface area contributed by atoms with Crippen molar-refractivity contribution in [1.29, 1.82) is 0 Å². The third kappa shape index (κ3) is 4.34. The van der Waals surface area contributed by atoms with Gasteiger partial charge in [0.2, 0.25) is 11.8 Å². The van der Waals surface area contributed by atoms with E-state index in [0.29, 0.717) is 13.0 Å². The van der Waals surface area contributed by atoms with Crippen LogP contribution in [0.25, 0.3) is 0 Å². The van der Waals surface area contributed by atoms with Crippen LogP contribution in [-0.2, 0) is 21.6 Å². The number of rotatable bonds is 3. The first-order valence-corrected chi connectivity index (χ1v) is 10.1. The van der Waals surface area contributed by atoms with Crippen molar-refractivity contribution in [1.82, 2.24) is 10.2 Å². The number of carbonyl (C=O) groups is 2. The Kier molecular flexibility index (Phi) is 5.61. The van der Waals surface area contributed by atoms with Crippen LogP contribution in [0.1, 0.15) is 57.6 Å². The summed E-state index contributed by atoms with van der Waals surface area (Å²) in [6.07, 6.45) is 4.17. The van der Waals surface area contributed by atoms with E-state index in [-0.39, 0.29) is 24.3 Å². The second kappa shape index (κ2) is 7.63. The molecule has 1 heterocycles. The van der Waals surface area contributed by atoms with Gasteiger partial charge in [-0.3, -0.25) is 9.59 Å². The Morgan fingerprint density at radius 2 is 2.00 bits per heavy atom. The van der Waals surface area contributed by atoms with Crippen LogP contribution in [0, 0.1) is 11.3 Å². The summed E-state index contributed by atoms with van der Waals surface area (Å²) in [7, 11) is 0. The molecule has 0 aromatic heterocycles. The first kappa shape index (κ1) is 19.9. The average Bonchev–Trinajstić information content (AvgIpc) is 2.65. The fourth-order valence-corrected chi connectivity index (χ4v) is 4.31. The van der Waals surface area contributed by atoms with Crippen LogP contribution in [0.4, 0.5) is 0 Å². The predicted octanol–water partition coefficient (Wildman–Crippen LogP) is 2.61. The number of hydrogen-bond donors (Lipinski definition) is 2. The fraction of sp³-hybridized carbons (Fsp3) is 0.636. The molecule has 0 radical (unpaired) electrons. The summed E-state index contributed by atoms with van der Waals surface area (Å²) in [5.74, 6) is -0.162. The van der Waals surface area contributed by atoms with Crippen molar-refractivity contribution in [2.45, 2.75) is 58.5 Å². The first-order chi connectivity index (χ1) is 12.7. The maximum Gasteiger partial charge on any atom is 0.227 e. The first-order valence-electron chi connectivity index (χ1n) is 10.1. The van der Waals surface area contributed by atoms with Crippen LogP contribution in [0.15, 0.2) is 24.3 Å². The zero-order valence-corrected chi connectivity index (χ0v) is 16.8. The minimum Gasteiger partial charge on any atom is -0.383 e. The van der Waals surface area contributed by atoms with Gasteiger partial charge in [-0.25, -0.2) is 0 Å². The number of nitrogens with zero attached hydrogens (tertiary/aromatic N) is 1. The summed E-state index contributed by atoms with van der Waals surface area (Å²) in [5, 5.41) is 14.1. The number of aliphatic hydroxyl groups is 1. The van der Waals surface area contributed by atoms with Crippen molar-refractivity contribution in [3.8, 4) is 0 Å². The van der Waals surface area contributed by atoms with E-state index in [0.717, 1.165) is 37.8 Å². The smallest absolute Gasteiger partial charge is 0.227 e. The molecule has 27 heavy (non-hydrogen) atoms. The number of likely N-dealkylation sites (tertiary alicyclic amines) is 1. The van der Waals surface area contributed by atoms with Crippen LogP contribution < -0.4 is 5.32 Å². The summed E-state index contributed by atoms with van der Waals surface area (Å²) in [6.45, 7) is 7.15. The molecular weight excluding hydrogens is 340 g/mol. The van der Waals surface area contributed by atoms with E-state index >= 15 is 0 Å². The largest absolute Gasteiger partial charge is 0.383 e. The van der Waals surface area contributed by atoms with Gasteiger partial charge in [0, 0.05) is 18.5 Å². The molecule has 148 valence electrons. The van der Waals surface area contributed by atoms with Crippen molar-refractivity contribution in [2.24, 2.45) is 11.3 Å². The Bertz CT molecular complexity index is 710. The van der Waals surface area contributed by atoms with Crippen LogP contribution in [0.5, 0.6) is 0 Å². The molecule has 5 heteroatoms. The van der Waals surface area contributed by atoms with E-state index in [1.807, 2.05) is 43.9 Å². The van der Waals surface area contributed by atoms with E-state index < -0.39 is 11.0 Å². The van der Waals surface area contributed by atoms with Gasteiger partial charge >= 0.3 is 0 Å². The molecule has 0 bridgehead atoms. The maximum absolute atomic E-state index is 12.8. The Morgan fingerprint density at radius 3 is 2.74 bits per heavy atom. The monoisotopic (exact) mass is 372 g/mol. The molecule has 2 aliphatic rings. The molecule has 1 fully saturated rings. The molecule has 2 N–H and O–H groups in total. The molecule has 1 saturated heterocycles. The highest BCUT2D eigenvalue weighted by Crippen LogP contribution is 2.34. The van der Waals surface area contributed by atoms with Gasteiger partial charge in [-0.2, -0.15) is 0 Å². The third-order valence-electron chi connectivity index (χ3n) is 5.83. The lowest BCUT2D eigenvalue weighted by Crippen LogP contribution is -2.50. The van der Waals surface area contributed by atoms with E-state index in [2.05, 4.69) is 11.4 Å². The number of fused-ring (bicyclic) bond motifs is 1. The number of hydrogen-bond acceptors (Lipinski definition) is 3. The highest BCUT2D eigenvalue weighted by Gasteiger charge is 2.37. The van der Waals surface area contributed by atoms with Gasteiger partial charge < -0.3 is 15.3 Å². The van der Waals surface area contributed by atoms with E-state index in [1.165, 1.54) is 5.56 Å². The van der Waals surface area contributed by atoms with Gasteiger partial charge in [0.1, 0.15) is 5.60 Å². The quantitative estimate of drug-likeness (QED) is 0.857. The average molecular weight is 373 g/mol. The lowest BCUT2D eigenvalue weighted by Gasteiger charge is -2.37. The molecule has 2 amide bonds. The van der Waals surface area contributed by atoms with Crippen LogP contribution >= 0.6 is 0 Å². The van der Waals surface area contributed by atoms with Crippen molar-refractivity contribution < 1.29 is 14.7 Å². The van der Waals surface area contributed by atoms with Crippen LogP contribution in [0.2, 0.25) is 0 Å². The third-order valence-corrected chi connectivity index (χ3v) is 5.83. The number of nitrogens with one attached hydrogen (secondary N) is 1. The minimum absolute atomic E-state index is 0.0575. The number of aryl methyl sites for hydroxylation is 1. The van der Waals surface area contributed by atoms with Crippen molar-refractivity contribution >= 4 is 11.8 Å². The number of piperidine rings is 1.